The average molecular weight is 450 g/mol. The van der Waals surface area contributed by atoms with Crippen molar-refractivity contribution in [2.45, 2.75) is 33.7 Å². The number of halogens is 2. The smallest absolute Gasteiger partial charge is 0.228 e. The van der Waals surface area contributed by atoms with Crippen molar-refractivity contribution < 1.29 is 4.79 Å². The lowest BCUT2D eigenvalue weighted by Gasteiger charge is -2.45. The molecule has 2 aromatic carbocycles. The molecule has 0 spiro atoms. The number of carbonyl (C=O) groups excluding carboxylic acids is 1. The van der Waals surface area contributed by atoms with Gasteiger partial charge in [-0.05, 0) is 48.4 Å². The van der Waals surface area contributed by atoms with E-state index in [0.717, 1.165) is 28.1 Å². The van der Waals surface area contributed by atoms with Crippen molar-refractivity contribution in [3.8, 4) is 0 Å². The molecule has 0 N–H and O–H groups in total. The van der Waals surface area contributed by atoms with E-state index < -0.39 is 0 Å². The molecule has 27 heavy (non-hydrogen) atoms. The molecule has 0 bridgehead atoms. The molecule has 1 amide bonds. The van der Waals surface area contributed by atoms with Gasteiger partial charge in [-0.1, -0.05) is 60.4 Å². The molecule has 3 nitrogen and oxygen atoms in total. The van der Waals surface area contributed by atoms with Crippen LogP contribution in [0.25, 0.3) is 0 Å². The lowest BCUT2D eigenvalue weighted by Crippen LogP contribution is -2.53. The number of benzene rings is 2. The van der Waals surface area contributed by atoms with Crippen LogP contribution in [0.1, 0.15) is 37.9 Å². The van der Waals surface area contributed by atoms with Crippen LogP contribution < -0.4 is 4.90 Å². The summed E-state index contributed by atoms with van der Waals surface area (Å²) in [5.41, 5.74) is 3.16. The number of piperazine rings is 1. The predicted octanol–water partition coefficient (Wildman–Crippen LogP) is 5.85. The maximum absolute atomic E-state index is 12.9. The van der Waals surface area contributed by atoms with E-state index >= 15 is 0 Å². The van der Waals surface area contributed by atoms with Gasteiger partial charge in [-0.15, -0.1) is 0 Å². The molecule has 0 saturated carbocycles. The van der Waals surface area contributed by atoms with Crippen molar-refractivity contribution in [1.29, 1.82) is 0 Å². The lowest BCUT2D eigenvalue weighted by molar-refractivity contribution is -0.140. The fraction of sp³-hybridized carbons (Fsp3) is 0.409. The molecule has 1 atom stereocenters. The van der Waals surface area contributed by atoms with E-state index in [1.54, 1.807) is 0 Å². The number of hydrogen-bond acceptors (Lipinski definition) is 2. The molecule has 0 aliphatic carbocycles. The molecular formula is C22H26BrClN2O. The normalized spacial score (nSPS) is 17.9. The first-order valence-corrected chi connectivity index (χ1v) is 10.4. The Morgan fingerprint density at radius 1 is 1.11 bits per heavy atom. The van der Waals surface area contributed by atoms with E-state index in [1.807, 2.05) is 37.8 Å². The highest BCUT2D eigenvalue weighted by Gasteiger charge is 2.35. The van der Waals surface area contributed by atoms with Gasteiger partial charge in [-0.3, -0.25) is 4.79 Å². The minimum absolute atomic E-state index is 0.109. The predicted molar refractivity (Wildman–Crippen MR) is 116 cm³/mol. The van der Waals surface area contributed by atoms with Crippen LogP contribution in [0.4, 0.5) is 5.69 Å². The number of rotatable bonds is 2. The van der Waals surface area contributed by atoms with Crippen molar-refractivity contribution in [3.05, 3.63) is 63.1 Å². The van der Waals surface area contributed by atoms with E-state index in [9.17, 15) is 4.79 Å². The van der Waals surface area contributed by atoms with Crippen LogP contribution in [0.2, 0.25) is 5.02 Å². The largest absolute Gasteiger partial charge is 0.361 e. The Hall–Kier alpha value is -1.52. The molecule has 2 aromatic rings. The van der Waals surface area contributed by atoms with Gasteiger partial charge in [0.2, 0.25) is 5.91 Å². The summed E-state index contributed by atoms with van der Waals surface area (Å²) in [6.07, 6.45) is 0. The maximum Gasteiger partial charge on any atom is 0.228 e. The van der Waals surface area contributed by atoms with E-state index in [0.29, 0.717) is 6.54 Å². The monoisotopic (exact) mass is 448 g/mol. The number of carbonyl (C=O) groups is 1. The quantitative estimate of drug-likeness (QED) is 0.574. The Morgan fingerprint density at radius 3 is 2.37 bits per heavy atom. The minimum Gasteiger partial charge on any atom is -0.361 e. The zero-order valence-corrected chi connectivity index (χ0v) is 18.6. The fourth-order valence-corrected chi connectivity index (χ4v) is 4.13. The van der Waals surface area contributed by atoms with E-state index in [4.69, 9.17) is 11.6 Å². The number of anilines is 1. The number of amides is 1. The van der Waals surface area contributed by atoms with Crippen LogP contribution >= 0.6 is 27.5 Å². The number of aryl methyl sites for hydroxylation is 1. The van der Waals surface area contributed by atoms with Crippen LogP contribution in [-0.2, 0) is 4.79 Å². The van der Waals surface area contributed by atoms with Gasteiger partial charge in [0.25, 0.3) is 0 Å². The Morgan fingerprint density at radius 2 is 1.78 bits per heavy atom. The first-order chi connectivity index (χ1) is 12.7. The minimum atomic E-state index is -0.372. The van der Waals surface area contributed by atoms with Gasteiger partial charge in [0.15, 0.2) is 0 Å². The van der Waals surface area contributed by atoms with Gasteiger partial charge in [-0.25, -0.2) is 0 Å². The first-order valence-electron chi connectivity index (χ1n) is 9.24. The lowest BCUT2D eigenvalue weighted by atomic mass is 9.92. The van der Waals surface area contributed by atoms with Crippen LogP contribution in [0.3, 0.4) is 0 Å². The molecule has 144 valence electrons. The molecule has 1 heterocycles. The van der Waals surface area contributed by atoms with Crippen LogP contribution in [0, 0.1) is 12.3 Å². The van der Waals surface area contributed by atoms with Gasteiger partial charge >= 0.3 is 0 Å². The van der Waals surface area contributed by atoms with Crippen LogP contribution in [0.5, 0.6) is 0 Å². The molecule has 1 fully saturated rings. The van der Waals surface area contributed by atoms with Gasteiger partial charge in [-0.2, -0.15) is 0 Å². The fourth-order valence-electron chi connectivity index (χ4n) is 3.64. The summed E-state index contributed by atoms with van der Waals surface area (Å²) in [6, 6.07) is 14.5. The van der Waals surface area contributed by atoms with Crippen molar-refractivity contribution >= 4 is 39.1 Å². The summed E-state index contributed by atoms with van der Waals surface area (Å²) in [5.74, 6) is 0.206. The zero-order valence-electron chi connectivity index (χ0n) is 16.3. The van der Waals surface area contributed by atoms with Crippen molar-refractivity contribution in [3.63, 3.8) is 0 Å². The standard InChI is InChI=1S/C22H26BrClN2O/c1-15-13-18(24)9-10-19(15)26-12-11-25(21(27)22(2,3)4)14-20(26)16-5-7-17(23)8-6-16/h5-10,13,20H,11-12,14H2,1-4H3/t20-/m0/s1. The second kappa shape index (κ2) is 7.84. The Kier molecular flexibility index (Phi) is 5.87. The molecule has 1 aliphatic heterocycles. The van der Waals surface area contributed by atoms with Crippen molar-refractivity contribution in [1.82, 2.24) is 4.90 Å². The highest BCUT2D eigenvalue weighted by atomic mass is 79.9. The van der Waals surface area contributed by atoms with E-state index in [-0.39, 0.29) is 17.4 Å². The highest BCUT2D eigenvalue weighted by Crippen LogP contribution is 2.35. The SMILES string of the molecule is Cc1cc(Cl)ccc1N1CCN(C(=O)C(C)(C)C)C[C@H]1c1ccc(Br)cc1. The molecular weight excluding hydrogens is 424 g/mol. The zero-order chi connectivity index (χ0) is 19.8. The Labute approximate surface area is 175 Å². The van der Waals surface area contributed by atoms with Gasteiger partial charge < -0.3 is 9.80 Å². The number of nitrogens with zero attached hydrogens (tertiary/aromatic N) is 2. The Bertz CT molecular complexity index is 829. The summed E-state index contributed by atoms with van der Waals surface area (Å²) >= 11 is 9.68. The molecule has 3 rings (SSSR count). The summed E-state index contributed by atoms with van der Waals surface area (Å²) in [6.45, 7) is 10.3. The molecule has 5 heteroatoms. The summed E-state index contributed by atoms with van der Waals surface area (Å²) < 4.78 is 1.05. The third-order valence-electron chi connectivity index (χ3n) is 5.03. The van der Waals surface area contributed by atoms with Crippen LogP contribution in [0.15, 0.2) is 46.9 Å². The first kappa shape index (κ1) is 20.2. The van der Waals surface area contributed by atoms with Gasteiger partial charge in [0.1, 0.15) is 0 Å². The summed E-state index contributed by atoms with van der Waals surface area (Å²) in [5, 5.41) is 0.748. The maximum atomic E-state index is 12.9. The van der Waals surface area contributed by atoms with Crippen molar-refractivity contribution in [2.24, 2.45) is 5.41 Å². The third kappa shape index (κ3) is 4.49. The van der Waals surface area contributed by atoms with Gasteiger partial charge in [0, 0.05) is 40.2 Å². The van der Waals surface area contributed by atoms with Crippen molar-refractivity contribution in [2.75, 3.05) is 24.5 Å². The van der Waals surface area contributed by atoms with E-state index in [2.05, 4.69) is 58.1 Å². The molecule has 1 aliphatic rings. The molecule has 0 radical (unpaired) electrons. The van der Waals surface area contributed by atoms with Crippen LogP contribution in [-0.4, -0.2) is 30.4 Å². The summed E-state index contributed by atoms with van der Waals surface area (Å²) in [7, 11) is 0. The average Bonchev–Trinajstić information content (AvgIpc) is 2.61. The second-order valence-electron chi connectivity index (χ2n) is 8.19. The second-order valence-corrected chi connectivity index (χ2v) is 9.54. The Balaban J connectivity index is 1.97. The van der Waals surface area contributed by atoms with E-state index in [1.165, 1.54) is 11.3 Å². The summed E-state index contributed by atoms with van der Waals surface area (Å²) in [4.78, 5) is 17.3. The highest BCUT2D eigenvalue weighted by molar-refractivity contribution is 9.10. The molecule has 0 aromatic heterocycles. The topological polar surface area (TPSA) is 23.6 Å². The molecule has 1 saturated heterocycles. The van der Waals surface area contributed by atoms with Gasteiger partial charge in [0.05, 0.1) is 6.04 Å². The third-order valence-corrected chi connectivity index (χ3v) is 5.80. The molecule has 0 unspecified atom stereocenters. The number of hydrogen-bond donors (Lipinski definition) is 0.